The lowest BCUT2D eigenvalue weighted by Crippen LogP contribution is -2.32. The summed E-state index contributed by atoms with van der Waals surface area (Å²) in [6, 6.07) is 9.50. The molecule has 0 radical (unpaired) electrons. The Morgan fingerprint density at radius 1 is 1.38 bits per heavy atom. The minimum atomic E-state index is -0.274. The fraction of sp³-hybridized carbons (Fsp3) is 0.333. The molecular formula is C15H20N4O2. The summed E-state index contributed by atoms with van der Waals surface area (Å²) in [4.78, 5) is 11.8. The third-order valence-corrected chi connectivity index (χ3v) is 3.12. The average Bonchev–Trinajstić information content (AvgIpc) is 2.96. The van der Waals surface area contributed by atoms with Crippen LogP contribution in [0.25, 0.3) is 0 Å². The Labute approximate surface area is 124 Å². The Hall–Kier alpha value is -2.34. The maximum Gasteiger partial charge on any atom is 0.319 e. The number of methoxy groups -OCH3 is 1. The highest BCUT2D eigenvalue weighted by atomic mass is 16.5. The number of anilines is 1. The lowest BCUT2D eigenvalue weighted by atomic mass is 10.1. The topological polar surface area (TPSA) is 68.2 Å². The summed E-state index contributed by atoms with van der Waals surface area (Å²) in [5.41, 5.74) is 1.70. The molecule has 0 saturated heterocycles. The predicted octanol–water partition coefficient (Wildman–Crippen LogP) is 2.41. The van der Waals surface area contributed by atoms with Gasteiger partial charge in [0.05, 0.1) is 18.0 Å². The molecule has 6 heteroatoms. The van der Waals surface area contributed by atoms with Crippen molar-refractivity contribution in [3.05, 3.63) is 48.3 Å². The molecule has 2 amide bonds. The fourth-order valence-corrected chi connectivity index (χ4v) is 1.97. The van der Waals surface area contributed by atoms with Gasteiger partial charge in [-0.2, -0.15) is 5.10 Å². The Balaban J connectivity index is 1.85. The maximum absolute atomic E-state index is 11.8. The van der Waals surface area contributed by atoms with Crippen LogP contribution in [0.4, 0.5) is 10.5 Å². The highest BCUT2D eigenvalue weighted by Crippen LogP contribution is 2.14. The molecule has 2 rings (SSSR count). The number of nitrogens with one attached hydrogen (secondary N) is 2. The number of benzene rings is 1. The van der Waals surface area contributed by atoms with Crippen molar-refractivity contribution in [2.45, 2.75) is 19.6 Å². The molecule has 0 bridgehead atoms. The summed E-state index contributed by atoms with van der Waals surface area (Å²) in [7, 11) is 1.63. The van der Waals surface area contributed by atoms with Crippen molar-refractivity contribution in [1.29, 1.82) is 0 Å². The largest absolute Gasteiger partial charge is 0.375 e. The first-order chi connectivity index (χ1) is 10.2. The third-order valence-electron chi connectivity index (χ3n) is 3.12. The van der Waals surface area contributed by atoms with E-state index in [1.807, 2.05) is 37.3 Å². The summed E-state index contributed by atoms with van der Waals surface area (Å²) in [5, 5.41) is 9.63. The number of hydrogen-bond donors (Lipinski definition) is 2. The second kappa shape index (κ2) is 7.44. The third kappa shape index (κ3) is 4.32. The van der Waals surface area contributed by atoms with E-state index in [-0.39, 0.29) is 12.1 Å². The maximum atomic E-state index is 11.8. The van der Waals surface area contributed by atoms with E-state index in [2.05, 4.69) is 15.7 Å². The van der Waals surface area contributed by atoms with E-state index in [0.717, 1.165) is 12.1 Å². The molecular weight excluding hydrogens is 268 g/mol. The summed E-state index contributed by atoms with van der Waals surface area (Å²) in [6.45, 7) is 3.15. The number of aryl methyl sites for hydroxylation is 1. The van der Waals surface area contributed by atoms with E-state index in [4.69, 9.17) is 4.74 Å². The van der Waals surface area contributed by atoms with Crippen LogP contribution in [0, 0.1) is 0 Å². The van der Waals surface area contributed by atoms with Crippen LogP contribution in [-0.2, 0) is 11.3 Å². The summed E-state index contributed by atoms with van der Waals surface area (Å²) in [5.74, 6) is 0. The van der Waals surface area contributed by atoms with Crippen molar-refractivity contribution < 1.29 is 9.53 Å². The zero-order valence-electron chi connectivity index (χ0n) is 12.2. The molecule has 1 atom stereocenters. The molecule has 0 fully saturated rings. The van der Waals surface area contributed by atoms with E-state index >= 15 is 0 Å². The minimum Gasteiger partial charge on any atom is -0.375 e. The van der Waals surface area contributed by atoms with Gasteiger partial charge in [-0.3, -0.25) is 4.68 Å². The van der Waals surface area contributed by atoms with Gasteiger partial charge in [0.1, 0.15) is 0 Å². The van der Waals surface area contributed by atoms with Gasteiger partial charge in [-0.1, -0.05) is 30.3 Å². The van der Waals surface area contributed by atoms with E-state index in [0.29, 0.717) is 12.2 Å². The van der Waals surface area contributed by atoms with Gasteiger partial charge in [-0.05, 0) is 12.5 Å². The monoisotopic (exact) mass is 288 g/mol. The Morgan fingerprint density at radius 3 is 2.76 bits per heavy atom. The predicted molar refractivity (Wildman–Crippen MR) is 81.1 cm³/mol. The van der Waals surface area contributed by atoms with Gasteiger partial charge >= 0.3 is 6.03 Å². The number of amides is 2. The smallest absolute Gasteiger partial charge is 0.319 e. The number of nitrogens with zero attached hydrogens (tertiary/aromatic N) is 2. The zero-order chi connectivity index (χ0) is 15.1. The van der Waals surface area contributed by atoms with E-state index in [1.54, 1.807) is 24.2 Å². The molecule has 0 aliphatic heterocycles. The van der Waals surface area contributed by atoms with Crippen LogP contribution in [-0.4, -0.2) is 29.5 Å². The van der Waals surface area contributed by atoms with Gasteiger partial charge < -0.3 is 15.4 Å². The zero-order valence-corrected chi connectivity index (χ0v) is 12.2. The Bertz CT molecular complexity index is 568. The number of hydrogen-bond acceptors (Lipinski definition) is 3. The molecule has 21 heavy (non-hydrogen) atoms. The standard InChI is InChI=1S/C15H20N4O2/c1-3-19-11-13(9-17-19)18-15(20)16-10-14(21-2)12-7-5-4-6-8-12/h4-9,11,14H,3,10H2,1-2H3,(H2,16,18,20). The molecule has 112 valence electrons. The molecule has 1 aromatic heterocycles. The summed E-state index contributed by atoms with van der Waals surface area (Å²) < 4.78 is 7.15. The molecule has 1 heterocycles. The van der Waals surface area contributed by atoms with Crippen LogP contribution in [0.3, 0.4) is 0 Å². The first-order valence-electron chi connectivity index (χ1n) is 6.88. The molecule has 2 N–H and O–H groups in total. The number of carbonyl (C=O) groups excluding carboxylic acids is 1. The van der Waals surface area contributed by atoms with Crippen LogP contribution in [0.5, 0.6) is 0 Å². The van der Waals surface area contributed by atoms with E-state index in [9.17, 15) is 4.79 Å². The second-order valence-electron chi connectivity index (χ2n) is 4.55. The van der Waals surface area contributed by atoms with Crippen molar-refractivity contribution >= 4 is 11.7 Å². The number of rotatable bonds is 6. The van der Waals surface area contributed by atoms with Gasteiger partial charge in [0, 0.05) is 26.4 Å². The van der Waals surface area contributed by atoms with E-state index < -0.39 is 0 Å². The highest BCUT2D eigenvalue weighted by Gasteiger charge is 2.12. The number of urea groups is 1. The van der Waals surface area contributed by atoms with Gasteiger partial charge in [-0.15, -0.1) is 0 Å². The quantitative estimate of drug-likeness (QED) is 0.857. The van der Waals surface area contributed by atoms with Crippen molar-refractivity contribution in [1.82, 2.24) is 15.1 Å². The molecule has 0 spiro atoms. The molecule has 1 unspecified atom stereocenters. The second-order valence-corrected chi connectivity index (χ2v) is 4.55. The van der Waals surface area contributed by atoms with Crippen molar-refractivity contribution in [3.8, 4) is 0 Å². The molecule has 0 aliphatic rings. The van der Waals surface area contributed by atoms with Crippen molar-refractivity contribution in [2.75, 3.05) is 19.0 Å². The number of ether oxygens (including phenoxy) is 1. The van der Waals surface area contributed by atoms with Crippen molar-refractivity contribution in [3.63, 3.8) is 0 Å². The Kier molecular flexibility index (Phi) is 5.34. The first-order valence-corrected chi connectivity index (χ1v) is 6.88. The molecule has 0 saturated carbocycles. The summed E-state index contributed by atoms with van der Waals surface area (Å²) in [6.07, 6.45) is 3.23. The first kappa shape index (κ1) is 15.1. The van der Waals surface area contributed by atoms with Crippen LogP contribution in [0.2, 0.25) is 0 Å². The van der Waals surface area contributed by atoms with Crippen LogP contribution in [0.15, 0.2) is 42.7 Å². The highest BCUT2D eigenvalue weighted by molar-refractivity contribution is 5.88. The lowest BCUT2D eigenvalue weighted by Gasteiger charge is -2.16. The molecule has 6 nitrogen and oxygen atoms in total. The fourth-order valence-electron chi connectivity index (χ4n) is 1.97. The van der Waals surface area contributed by atoms with Crippen LogP contribution >= 0.6 is 0 Å². The minimum absolute atomic E-state index is 0.171. The molecule has 1 aromatic carbocycles. The van der Waals surface area contributed by atoms with E-state index in [1.165, 1.54) is 0 Å². The summed E-state index contributed by atoms with van der Waals surface area (Å²) >= 11 is 0. The number of carbonyl (C=O) groups is 1. The lowest BCUT2D eigenvalue weighted by molar-refractivity contribution is 0.104. The average molecular weight is 288 g/mol. The van der Waals surface area contributed by atoms with Gasteiger partial charge in [-0.25, -0.2) is 4.79 Å². The van der Waals surface area contributed by atoms with Gasteiger partial charge in [0.15, 0.2) is 0 Å². The van der Waals surface area contributed by atoms with Gasteiger partial charge in [0.2, 0.25) is 0 Å². The van der Waals surface area contributed by atoms with Gasteiger partial charge in [0.25, 0.3) is 0 Å². The normalized spacial score (nSPS) is 11.9. The van der Waals surface area contributed by atoms with Crippen LogP contribution < -0.4 is 10.6 Å². The molecule has 0 aliphatic carbocycles. The SMILES string of the molecule is CCn1cc(NC(=O)NCC(OC)c2ccccc2)cn1. The number of aromatic nitrogens is 2. The van der Waals surface area contributed by atoms with Crippen LogP contribution in [0.1, 0.15) is 18.6 Å². The molecule has 2 aromatic rings. The Morgan fingerprint density at radius 2 is 2.14 bits per heavy atom. The van der Waals surface area contributed by atoms with Crippen molar-refractivity contribution in [2.24, 2.45) is 0 Å².